The number of carbonyl (C=O) groups excluding carboxylic acids is 1. The smallest absolute Gasteiger partial charge is 0.323 e. The van der Waals surface area contributed by atoms with Gasteiger partial charge in [-0.15, -0.1) is 0 Å². The first-order chi connectivity index (χ1) is 16.5. The van der Waals surface area contributed by atoms with Gasteiger partial charge in [0.25, 0.3) is 5.56 Å². The zero-order valence-electron chi connectivity index (χ0n) is 17.6. The number of pyridine rings is 1. The van der Waals surface area contributed by atoms with Crippen LogP contribution in [0.25, 0.3) is 11.0 Å². The molecule has 0 aliphatic carbocycles. The van der Waals surface area contributed by atoms with Crippen molar-refractivity contribution in [3.8, 4) is 0 Å². The van der Waals surface area contributed by atoms with Crippen molar-refractivity contribution < 1.29 is 22.4 Å². The summed E-state index contributed by atoms with van der Waals surface area (Å²) < 4.78 is 54.2. The Kier molecular flexibility index (Phi) is 6.44. The van der Waals surface area contributed by atoms with Gasteiger partial charge in [0.05, 0.1) is 28.3 Å². The van der Waals surface area contributed by atoms with Crippen molar-refractivity contribution in [3.63, 3.8) is 0 Å². The van der Waals surface area contributed by atoms with Crippen LogP contribution in [0.3, 0.4) is 0 Å². The molecule has 0 saturated heterocycles. The van der Waals surface area contributed by atoms with Crippen molar-refractivity contribution in [2.75, 3.05) is 5.32 Å². The molecule has 0 saturated carbocycles. The second-order valence-electron chi connectivity index (χ2n) is 7.50. The monoisotopic (exact) mass is 506 g/mol. The molecule has 1 N–H and O–H groups in total. The minimum atomic E-state index is -4.65. The lowest BCUT2D eigenvalue weighted by Crippen LogP contribution is -2.42. The molecule has 12 heteroatoms. The van der Waals surface area contributed by atoms with E-state index in [4.69, 9.17) is 11.6 Å². The van der Waals surface area contributed by atoms with E-state index in [0.717, 1.165) is 21.3 Å². The number of rotatable bonds is 5. The summed E-state index contributed by atoms with van der Waals surface area (Å²) >= 11 is 5.93. The molecule has 4 aromatic rings. The highest BCUT2D eigenvalue weighted by Gasteiger charge is 2.31. The van der Waals surface area contributed by atoms with Crippen molar-refractivity contribution in [3.05, 3.63) is 104 Å². The molecule has 4 rings (SSSR count). The summed E-state index contributed by atoms with van der Waals surface area (Å²) in [7, 11) is 0. The SMILES string of the molecule is O=C(Cn1c(=O)n(Cc2ccc(F)cc2)c(=O)c2ncccc21)Nc1cc(C(F)(F)F)ccc1Cl. The second-order valence-corrected chi connectivity index (χ2v) is 7.91. The second kappa shape index (κ2) is 9.34. The third-order valence-corrected chi connectivity index (χ3v) is 5.44. The number of carbonyl (C=O) groups is 1. The number of fused-ring (bicyclic) bond motifs is 1. The fourth-order valence-corrected chi connectivity index (χ4v) is 3.60. The number of halogens is 5. The van der Waals surface area contributed by atoms with Crippen LogP contribution in [-0.4, -0.2) is 20.0 Å². The van der Waals surface area contributed by atoms with Crippen LogP contribution in [-0.2, 0) is 24.1 Å². The Bertz CT molecular complexity index is 1550. The summed E-state index contributed by atoms with van der Waals surface area (Å²) in [5.41, 5.74) is -2.47. The third kappa shape index (κ3) is 5.09. The highest BCUT2D eigenvalue weighted by atomic mass is 35.5. The molecule has 0 fully saturated rings. The van der Waals surface area contributed by atoms with E-state index in [1.807, 2.05) is 0 Å². The lowest BCUT2D eigenvalue weighted by Gasteiger charge is -2.15. The van der Waals surface area contributed by atoms with Crippen molar-refractivity contribution in [1.82, 2.24) is 14.1 Å². The van der Waals surface area contributed by atoms with E-state index in [1.54, 1.807) is 0 Å². The molecule has 0 radical (unpaired) electrons. The number of aromatic nitrogens is 3. The van der Waals surface area contributed by atoms with Crippen LogP contribution in [0.4, 0.5) is 23.2 Å². The molecule has 0 bridgehead atoms. The Hall–Kier alpha value is -3.99. The number of nitrogens with one attached hydrogen (secondary N) is 1. The summed E-state index contributed by atoms with van der Waals surface area (Å²) in [5.74, 6) is -1.35. The number of anilines is 1. The van der Waals surface area contributed by atoms with E-state index >= 15 is 0 Å². The quantitative estimate of drug-likeness (QED) is 0.414. The van der Waals surface area contributed by atoms with Crippen LogP contribution in [0.15, 0.2) is 70.4 Å². The number of hydrogen-bond acceptors (Lipinski definition) is 4. The highest BCUT2D eigenvalue weighted by Crippen LogP contribution is 2.33. The Balaban J connectivity index is 1.73. The zero-order chi connectivity index (χ0) is 25.3. The molecule has 1 amide bonds. The van der Waals surface area contributed by atoms with Gasteiger partial charge in [-0.3, -0.25) is 18.7 Å². The standard InChI is InChI=1S/C23H15ClF4N4O3/c24-16-8-5-14(23(26,27)28)10-17(16)30-19(33)12-31-18-2-1-9-29-20(18)21(34)32(22(31)35)11-13-3-6-15(25)7-4-13/h1-10H,11-12H2,(H,30,33). The Labute approximate surface area is 199 Å². The Morgan fingerprint density at radius 2 is 1.74 bits per heavy atom. The number of nitrogens with zero attached hydrogens (tertiary/aromatic N) is 3. The maximum Gasteiger partial charge on any atom is 0.416 e. The van der Waals surface area contributed by atoms with Crippen LogP contribution in [0.2, 0.25) is 5.02 Å². The normalized spacial score (nSPS) is 11.6. The first kappa shape index (κ1) is 24.1. The van der Waals surface area contributed by atoms with Gasteiger partial charge in [-0.25, -0.2) is 14.2 Å². The first-order valence-corrected chi connectivity index (χ1v) is 10.4. The molecule has 35 heavy (non-hydrogen) atoms. The fraction of sp³-hybridized carbons (Fsp3) is 0.130. The summed E-state index contributed by atoms with van der Waals surface area (Å²) in [6.07, 6.45) is -3.32. The molecular weight excluding hydrogens is 492 g/mol. The van der Waals surface area contributed by atoms with E-state index in [2.05, 4.69) is 10.3 Å². The zero-order valence-corrected chi connectivity index (χ0v) is 18.4. The lowest BCUT2D eigenvalue weighted by molar-refractivity contribution is -0.137. The van der Waals surface area contributed by atoms with E-state index in [0.29, 0.717) is 11.6 Å². The number of hydrogen-bond donors (Lipinski definition) is 1. The molecule has 0 unspecified atom stereocenters. The molecule has 0 atom stereocenters. The average Bonchev–Trinajstić information content (AvgIpc) is 2.81. The molecule has 0 spiro atoms. The van der Waals surface area contributed by atoms with E-state index in [1.165, 1.54) is 42.6 Å². The van der Waals surface area contributed by atoms with Gasteiger partial charge in [0.2, 0.25) is 5.91 Å². The van der Waals surface area contributed by atoms with Crippen LogP contribution in [0, 0.1) is 5.82 Å². The predicted octanol–water partition coefficient (Wildman–Crippen LogP) is 4.06. The van der Waals surface area contributed by atoms with E-state index in [9.17, 15) is 31.9 Å². The first-order valence-electron chi connectivity index (χ1n) is 10.0. The van der Waals surface area contributed by atoms with Gasteiger partial charge in [-0.2, -0.15) is 13.2 Å². The lowest BCUT2D eigenvalue weighted by atomic mass is 10.2. The van der Waals surface area contributed by atoms with Gasteiger partial charge in [0, 0.05) is 6.20 Å². The number of amides is 1. The van der Waals surface area contributed by atoms with Crippen molar-refractivity contribution in [1.29, 1.82) is 0 Å². The van der Waals surface area contributed by atoms with Crippen LogP contribution >= 0.6 is 11.6 Å². The summed E-state index contributed by atoms with van der Waals surface area (Å²) in [6, 6.07) is 10.5. The molecule has 2 heterocycles. The maximum absolute atomic E-state index is 13.2. The van der Waals surface area contributed by atoms with Crippen LogP contribution in [0.5, 0.6) is 0 Å². The molecule has 7 nitrogen and oxygen atoms in total. The summed E-state index contributed by atoms with van der Waals surface area (Å²) in [4.78, 5) is 42.8. The van der Waals surface area contributed by atoms with Gasteiger partial charge in [0.15, 0.2) is 5.52 Å². The van der Waals surface area contributed by atoms with Crippen LogP contribution < -0.4 is 16.6 Å². The Morgan fingerprint density at radius 1 is 1.03 bits per heavy atom. The van der Waals surface area contributed by atoms with Crippen molar-refractivity contribution in [2.45, 2.75) is 19.3 Å². The van der Waals surface area contributed by atoms with Gasteiger partial charge in [-0.05, 0) is 48.0 Å². The topological polar surface area (TPSA) is 86.0 Å². The van der Waals surface area contributed by atoms with Gasteiger partial charge < -0.3 is 5.32 Å². The highest BCUT2D eigenvalue weighted by molar-refractivity contribution is 6.33. The van der Waals surface area contributed by atoms with Gasteiger partial charge in [0.1, 0.15) is 12.4 Å². The molecular formula is C23H15ClF4N4O3. The minimum Gasteiger partial charge on any atom is -0.323 e. The third-order valence-electron chi connectivity index (χ3n) is 5.11. The molecule has 0 aliphatic heterocycles. The molecule has 2 aromatic carbocycles. The van der Waals surface area contributed by atoms with Crippen molar-refractivity contribution in [2.24, 2.45) is 0 Å². The summed E-state index contributed by atoms with van der Waals surface area (Å²) in [5, 5.41) is 2.14. The van der Waals surface area contributed by atoms with E-state index < -0.39 is 41.3 Å². The van der Waals surface area contributed by atoms with Gasteiger partial charge in [-0.1, -0.05) is 23.7 Å². The maximum atomic E-state index is 13.2. The van der Waals surface area contributed by atoms with Crippen molar-refractivity contribution >= 4 is 34.2 Å². The fourth-order valence-electron chi connectivity index (χ4n) is 3.44. The van der Waals surface area contributed by atoms with Crippen LogP contribution in [0.1, 0.15) is 11.1 Å². The number of benzene rings is 2. The molecule has 180 valence electrons. The average molecular weight is 507 g/mol. The van der Waals surface area contributed by atoms with E-state index in [-0.39, 0.29) is 28.3 Å². The molecule has 2 aromatic heterocycles. The Morgan fingerprint density at radius 3 is 2.43 bits per heavy atom. The minimum absolute atomic E-state index is 0.0585. The van der Waals surface area contributed by atoms with Gasteiger partial charge >= 0.3 is 11.9 Å². The summed E-state index contributed by atoms with van der Waals surface area (Å²) in [6.45, 7) is -0.858. The predicted molar refractivity (Wildman–Crippen MR) is 121 cm³/mol. The molecule has 0 aliphatic rings. The largest absolute Gasteiger partial charge is 0.416 e. The number of alkyl halides is 3.